The van der Waals surface area contributed by atoms with E-state index in [-0.39, 0.29) is 6.04 Å². The van der Waals surface area contributed by atoms with Gasteiger partial charge in [0.25, 0.3) is 0 Å². The van der Waals surface area contributed by atoms with Crippen molar-refractivity contribution in [1.29, 1.82) is 0 Å². The number of pyridine rings is 1. The summed E-state index contributed by atoms with van der Waals surface area (Å²) in [5, 5.41) is 1.20. The molecule has 3 heterocycles. The molecule has 0 spiro atoms. The van der Waals surface area contributed by atoms with E-state index < -0.39 is 0 Å². The SMILES string of the molecule is Cc1ccc(C#CC2CC=CCN2Cc2c[nH]c3ncccc23)cc1. The van der Waals surface area contributed by atoms with Gasteiger partial charge in [-0.05, 0) is 43.2 Å². The normalized spacial score (nSPS) is 17.4. The Balaban J connectivity index is 1.55. The number of aromatic amines is 1. The summed E-state index contributed by atoms with van der Waals surface area (Å²) in [4.78, 5) is 10.1. The summed E-state index contributed by atoms with van der Waals surface area (Å²) in [6.45, 7) is 3.91. The molecule has 1 N–H and O–H groups in total. The van der Waals surface area contributed by atoms with Gasteiger partial charge < -0.3 is 4.98 Å². The number of fused-ring (bicyclic) bond motifs is 1. The van der Waals surface area contributed by atoms with Gasteiger partial charge in [0.2, 0.25) is 0 Å². The van der Waals surface area contributed by atoms with Gasteiger partial charge in [0, 0.05) is 36.4 Å². The van der Waals surface area contributed by atoms with E-state index >= 15 is 0 Å². The summed E-state index contributed by atoms with van der Waals surface area (Å²) in [5.41, 5.74) is 4.57. The van der Waals surface area contributed by atoms with Crippen molar-refractivity contribution in [2.45, 2.75) is 25.9 Å². The third-order valence-electron chi connectivity index (χ3n) is 4.65. The van der Waals surface area contributed by atoms with Crippen LogP contribution in [0.5, 0.6) is 0 Å². The molecule has 0 saturated carbocycles. The molecule has 3 nitrogen and oxygen atoms in total. The third-order valence-corrected chi connectivity index (χ3v) is 4.65. The number of nitrogens with zero attached hydrogens (tertiary/aromatic N) is 2. The molecular formula is C22H21N3. The smallest absolute Gasteiger partial charge is 0.137 e. The van der Waals surface area contributed by atoms with Crippen LogP contribution in [0.3, 0.4) is 0 Å². The fourth-order valence-electron chi connectivity index (χ4n) is 3.20. The van der Waals surface area contributed by atoms with Crippen molar-refractivity contribution in [3.63, 3.8) is 0 Å². The van der Waals surface area contributed by atoms with Crippen LogP contribution in [0.1, 0.15) is 23.1 Å². The Labute approximate surface area is 148 Å². The highest BCUT2D eigenvalue weighted by molar-refractivity contribution is 5.79. The zero-order chi connectivity index (χ0) is 17.1. The first-order chi connectivity index (χ1) is 12.3. The van der Waals surface area contributed by atoms with Gasteiger partial charge in [0.05, 0.1) is 6.04 Å². The maximum atomic E-state index is 4.38. The van der Waals surface area contributed by atoms with E-state index in [2.05, 4.69) is 82.3 Å². The molecule has 0 aliphatic carbocycles. The van der Waals surface area contributed by atoms with E-state index in [9.17, 15) is 0 Å². The number of rotatable bonds is 2. The lowest BCUT2D eigenvalue weighted by atomic mass is 10.1. The van der Waals surface area contributed by atoms with Crippen molar-refractivity contribution in [2.75, 3.05) is 6.54 Å². The first-order valence-corrected chi connectivity index (χ1v) is 8.68. The second-order valence-corrected chi connectivity index (χ2v) is 6.50. The van der Waals surface area contributed by atoms with E-state index in [1.165, 1.54) is 16.5 Å². The van der Waals surface area contributed by atoms with Gasteiger partial charge in [-0.1, -0.05) is 41.7 Å². The molecule has 0 bridgehead atoms. The highest BCUT2D eigenvalue weighted by Gasteiger charge is 2.19. The van der Waals surface area contributed by atoms with Gasteiger partial charge in [-0.2, -0.15) is 0 Å². The Hall–Kier alpha value is -2.83. The fourth-order valence-corrected chi connectivity index (χ4v) is 3.20. The van der Waals surface area contributed by atoms with Crippen molar-refractivity contribution >= 4 is 11.0 Å². The molecule has 1 atom stereocenters. The Bertz CT molecular complexity index is 954. The fraction of sp³-hybridized carbons (Fsp3) is 0.227. The van der Waals surface area contributed by atoms with Crippen molar-refractivity contribution in [1.82, 2.24) is 14.9 Å². The summed E-state index contributed by atoms with van der Waals surface area (Å²) in [5.74, 6) is 6.81. The molecule has 1 aliphatic rings. The molecule has 1 aliphatic heterocycles. The van der Waals surface area contributed by atoms with Crippen LogP contribution in [-0.2, 0) is 6.54 Å². The number of aromatic nitrogens is 2. The molecule has 0 radical (unpaired) electrons. The minimum Gasteiger partial charge on any atom is -0.346 e. The molecule has 1 aromatic carbocycles. The van der Waals surface area contributed by atoms with Crippen LogP contribution in [0.15, 0.2) is 60.9 Å². The van der Waals surface area contributed by atoms with Gasteiger partial charge in [-0.15, -0.1) is 0 Å². The zero-order valence-corrected chi connectivity index (χ0v) is 14.4. The van der Waals surface area contributed by atoms with Crippen LogP contribution in [0.4, 0.5) is 0 Å². The predicted molar refractivity (Wildman–Crippen MR) is 102 cm³/mol. The van der Waals surface area contributed by atoms with Crippen molar-refractivity contribution in [3.8, 4) is 11.8 Å². The van der Waals surface area contributed by atoms with Crippen LogP contribution in [0.25, 0.3) is 11.0 Å². The number of benzene rings is 1. The third kappa shape index (κ3) is 3.50. The van der Waals surface area contributed by atoms with Gasteiger partial charge in [0.15, 0.2) is 0 Å². The Morgan fingerprint density at radius 1 is 1.20 bits per heavy atom. The second-order valence-electron chi connectivity index (χ2n) is 6.50. The Morgan fingerprint density at radius 3 is 2.96 bits per heavy atom. The van der Waals surface area contributed by atoms with Crippen molar-refractivity contribution < 1.29 is 0 Å². The summed E-state index contributed by atoms with van der Waals surface area (Å²) in [7, 11) is 0. The molecule has 3 heteroatoms. The molecule has 3 aromatic rings. The Morgan fingerprint density at radius 2 is 2.08 bits per heavy atom. The van der Waals surface area contributed by atoms with Crippen molar-refractivity contribution in [2.24, 2.45) is 0 Å². The standard InChI is InChI=1S/C22H21N3/c1-17-7-9-18(10-8-17)11-12-20-5-2-3-14-25(20)16-19-15-24-22-21(19)6-4-13-23-22/h2-4,6-10,13,15,20H,5,14,16H2,1H3,(H,23,24). The van der Waals surface area contributed by atoms with E-state index in [1.54, 1.807) is 0 Å². The number of hydrogen-bond acceptors (Lipinski definition) is 2. The highest BCUT2D eigenvalue weighted by atomic mass is 15.2. The summed E-state index contributed by atoms with van der Waals surface area (Å²) >= 11 is 0. The van der Waals surface area contributed by atoms with Gasteiger partial charge >= 0.3 is 0 Å². The predicted octanol–water partition coefficient (Wildman–Crippen LogP) is 4.05. The van der Waals surface area contributed by atoms with E-state index in [1.807, 2.05) is 12.3 Å². The van der Waals surface area contributed by atoms with Gasteiger partial charge in [-0.25, -0.2) is 4.98 Å². The van der Waals surface area contributed by atoms with Crippen LogP contribution >= 0.6 is 0 Å². The maximum Gasteiger partial charge on any atom is 0.137 e. The average molecular weight is 327 g/mol. The van der Waals surface area contributed by atoms with Crippen molar-refractivity contribution in [3.05, 3.63) is 77.6 Å². The number of aryl methyl sites for hydroxylation is 1. The quantitative estimate of drug-likeness (QED) is 0.569. The minimum absolute atomic E-state index is 0.243. The average Bonchev–Trinajstić information content (AvgIpc) is 3.05. The first kappa shape index (κ1) is 15.7. The largest absolute Gasteiger partial charge is 0.346 e. The lowest BCUT2D eigenvalue weighted by molar-refractivity contribution is 0.244. The summed E-state index contributed by atoms with van der Waals surface area (Å²) in [6.07, 6.45) is 9.33. The van der Waals surface area contributed by atoms with E-state index in [0.717, 1.165) is 30.7 Å². The molecular weight excluding hydrogens is 306 g/mol. The van der Waals surface area contributed by atoms with Gasteiger partial charge in [-0.3, -0.25) is 4.90 Å². The first-order valence-electron chi connectivity index (χ1n) is 8.68. The highest BCUT2D eigenvalue weighted by Crippen LogP contribution is 2.21. The van der Waals surface area contributed by atoms with E-state index in [4.69, 9.17) is 0 Å². The van der Waals surface area contributed by atoms with Crippen LogP contribution < -0.4 is 0 Å². The molecule has 4 rings (SSSR count). The maximum absolute atomic E-state index is 4.38. The van der Waals surface area contributed by atoms with E-state index in [0.29, 0.717) is 0 Å². The van der Waals surface area contributed by atoms with Crippen LogP contribution in [0.2, 0.25) is 0 Å². The molecule has 0 amide bonds. The van der Waals surface area contributed by atoms with Gasteiger partial charge in [0.1, 0.15) is 5.65 Å². The molecule has 25 heavy (non-hydrogen) atoms. The van der Waals surface area contributed by atoms with Crippen LogP contribution in [-0.4, -0.2) is 27.5 Å². The topological polar surface area (TPSA) is 31.9 Å². The van der Waals surface area contributed by atoms with Crippen LogP contribution in [0, 0.1) is 18.8 Å². The zero-order valence-electron chi connectivity index (χ0n) is 14.4. The summed E-state index contributed by atoms with van der Waals surface area (Å²) < 4.78 is 0. The molecule has 0 saturated heterocycles. The molecule has 1 unspecified atom stereocenters. The molecule has 124 valence electrons. The lowest BCUT2D eigenvalue weighted by Gasteiger charge is -2.29. The minimum atomic E-state index is 0.243. The molecule has 2 aromatic heterocycles. The number of hydrogen-bond donors (Lipinski definition) is 1. The molecule has 0 fully saturated rings. The number of nitrogens with one attached hydrogen (secondary N) is 1. The Kier molecular flexibility index (Phi) is 4.37. The number of H-pyrrole nitrogens is 1. The summed E-state index contributed by atoms with van der Waals surface area (Å²) in [6, 6.07) is 12.8. The lowest BCUT2D eigenvalue weighted by Crippen LogP contribution is -2.35. The monoisotopic (exact) mass is 327 g/mol. The second kappa shape index (κ2) is 6.96.